The average Bonchev–Trinajstić information content (AvgIpc) is 3.05. The zero-order valence-electron chi connectivity index (χ0n) is 22.6. The minimum Gasteiger partial charge on any atom is -0.396 e. The Labute approximate surface area is 211 Å². The second kappa shape index (κ2) is 9.74. The van der Waals surface area contributed by atoms with E-state index in [-0.39, 0.29) is 35.1 Å². The number of allylic oxidation sites excluding steroid dienone is 7. The lowest BCUT2D eigenvalue weighted by Crippen LogP contribution is -2.59. The standard InChI is InChI=1S/C30H46O5/c1-19(11-12-24(33)27(3,4)35)9-8-10-20(2)26-21(32)17-23-28(5)16-14-25(34)30(7,18-31)22(28)13-15-29(23,26)6/h8-12,22-25,31,33-35H,13-18H2,1-7H3/b10-8?,12-11?,19-9?,26-20+/t22-,23+,24?,25+,28+,29+,30-/m1/s1. The number of rotatable bonds is 6. The van der Waals surface area contributed by atoms with Gasteiger partial charge in [-0.3, -0.25) is 4.79 Å². The van der Waals surface area contributed by atoms with Crippen LogP contribution < -0.4 is 0 Å². The largest absolute Gasteiger partial charge is 0.396 e. The summed E-state index contributed by atoms with van der Waals surface area (Å²) in [6.07, 6.45) is 11.7. The predicted octanol–water partition coefficient (Wildman–Crippen LogP) is 4.66. The summed E-state index contributed by atoms with van der Waals surface area (Å²) in [4.78, 5) is 13.4. The Hall–Kier alpha value is -1.53. The van der Waals surface area contributed by atoms with Crippen molar-refractivity contribution in [2.24, 2.45) is 28.1 Å². The fourth-order valence-corrected chi connectivity index (χ4v) is 7.57. The van der Waals surface area contributed by atoms with Crippen LogP contribution in [0.4, 0.5) is 0 Å². The molecule has 0 aromatic rings. The van der Waals surface area contributed by atoms with Gasteiger partial charge in [-0.25, -0.2) is 0 Å². The Morgan fingerprint density at radius 3 is 2.37 bits per heavy atom. The maximum absolute atomic E-state index is 13.4. The van der Waals surface area contributed by atoms with E-state index in [9.17, 15) is 25.2 Å². The lowest BCUT2D eigenvalue weighted by Gasteiger charge is -2.62. The smallest absolute Gasteiger partial charge is 0.160 e. The molecular formula is C30H46O5. The van der Waals surface area contributed by atoms with E-state index in [0.717, 1.165) is 36.0 Å². The molecule has 0 bridgehead atoms. The molecule has 0 aromatic carbocycles. The van der Waals surface area contributed by atoms with Crippen molar-refractivity contribution in [1.82, 2.24) is 0 Å². The molecule has 3 aliphatic rings. The minimum atomic E-state index is -1.19. The quantitative estimate of drug-likeness (QED) is 0.323. The van der Waals surface area contributed by atoms with E-state index in [1.54, 1.807) is 26.0 Å². The highest BCUT2D eigenvalue weighted by molar-refractivity contribution is 6.00. The van der Waals surface area contributed by atoms with Gasteiger partial charge in [-0.05, 0) is 76.2 Å². The van der Waals surface area contributed by atoms with E-state index in [4.69, 9.17) is 0 Å². The van der Waals surface area contributed by atoms with Crippen molar-refractivity contribution in [2.75, 3.05) is 6.61 Å². The van der Waals surface area contributed by atoms with Crippen LogP contribution in [0.2, 0.25) is 0 Å². The third-order valence-electron chi connectivity index (χ3n) is 9.77. The molecule has 196 valence electrons. The van der Waals surface area contributed by atoms with Crippen molar-refractivity contribution >= 4 is 5.78 Å². The monoisotopic (exact) mass is 486 g/mol. The van der Waals surface area contributed by atoms with E-state index < -0.39 is 23.2 Å². The SMILES string of the molecule is CC(C=CC(O)C(C)(C)O)=CC=C/C(C)=C1\C(=O)C[C@H]2[C@@]3(C)CC[C@H](O)[C@](C)(CO)[C@@H]3CC[C@]12C. The summed E-state index contributed by atoms with van der Waals surface area (Å²) in [5.74, 6) is 0.634. The predicted molar refractivity (Wildman–Crippen MR) is 140 cm³/mol. The fourth-order valence-electron chi connectivity index (χ4n) is 7.57. The molecule has 1 unspecified atom stereocenters. The number of fused-ring (bicyclic) bond motifs is 3. The van der Waals surface area contributed by atoms with Crippen LogP contribution in [0.3, 0.4) is 0 Å². The molecule has 7 atom stereocenters. The first-order chi connectivity index (χ1) is 16.1. The van der Waals surface area contributed by atoms with Gasteiger partial charge in [-0.2, -0.15) is 0 Å². The number of Topliss-reactive ketones (excluding diaryl/α,β-unsaturated/α-hetero) is 1. The van der Waals surface area contributed by atoms with Crippen LogP contribution in [-0.2, 0) is 4.79 Å². The highest BCUT2D eigenvalue weighted by atomic mass is 16.3. The highest BCUT2D eigenvalue weighted by Crippen LogP contribution is 2.69. The molecule has 0 spiro atoms. The van der Waals surface area contributed by atoms with Gasteiger partial charge >= 0.3 is 0 Å². The van der Waals surface area contributed by atoms with Crippen molar-refractivity contribution < 1.29 is 25.2 Å². The summed E-state index contributed by atoms with van der Waals surface area (Å²) in [6, 6.07) is 0. The van der Waals surface area contributed by atoms with E-state index in [1.807, 2.05) is 39.0 Å². The maximum atomic E-state index is 13.4. The van der Waals surface area contributed by atoms with E-state index in [1.165, 1.54) is 0 Å². The number of aliphatic hydroxyl groups excluding tert-OH is 3. The van der Waals surface area contributed by atoms with Crippen LogP contribution in [0.1, 0.15) is 80.6 Å². The summed E-state index contributed by atoms with van der Waals surface area (Å²) < 4.78 is 0. The maximum Gasteiger partial charge on any atom is 0.160 e. The topological polar surface area (TPSA) is 98.0 Å². The minimum absolute atomic E-state index is 0.0246. The molecule has 0 heterocycles. The van der Waals surface area contributed by atoms with Crippen molar-refractivity contribution in [3.8, 4) is 0 Å². The van der Waals surface area contributed by atoms with Crippen molar-refractivity contribution in [3.05, 3.63) is 47.1 Å². The van der Waals surface area contributed by atoms with Gasteiger partial charge in [0.2, 0.25) is 0 Å². The number of hydrogen-bond acceptors (Lipinski definition) is 5. The van der Waals surface area contributed by atoms with Gasteiger partial charge in [-0.15, -0.1) is 0 Å². The number of ketones is 1. The van der Waals surface area contributed by atoms with Crippen LogP contribution in [0.5, 0.6) is 0 Å². The van der Waals surface area contributed by atoms with Gasteiger partial charge in [0.1, 0.15) is 6.10 Å². The van der Waals surface area contributed by atoms with Crippen LogP contribution in [0.25, 0.3) is 0 Å². The first-order valence-corrected chi connectivity index (χ1v) is 13.1. The van der Waals surface area contributed by atoms with Crippen LogP contribution in [0, 0.1) is 28.1 Å². The molecule has 5 heteroatoms. The highest BCUT2D eigenvalue weighted by Gasteiger charge is 2.65. The first-order valence-electron chi connectivity index (χ1n) is 13.1. The zero-order chi connectivity index (χ0) is 26.4. The van der Waals surface area contributed by atoms with Crippen LogP contribution in [-0.4, -0.2) is 50.6 Å². The van der Waals surface area contributed by atoms with Crippen molar-refractivity contribution in [1.29, 1.82) is 0 Å². The lowest BCUT2D eigenvalue weighted by molar-refractivity contribution is -0.178. The van der Waals surface area contributed by atoms with Crippen molar-refractivity contribution in [2.45, 2.75) is 98.4 Å². The van der Waals surface area contributed by atoms with Gasteiger partial charge in [0.05, 0.1) is 18.3 Å². The Bertz CT molecular complexity index is 950. The van der Waals surface area contributed by atoms with E-state index >= 15 is 0 Å². The molecule has 35 heavy (non-hydrogen) atoms. The van der Waals surface area contributed by atoms with E-state index in [2.05, 4.69) is 13.8 Å². The third-order valence-corrected chi connectivity index (χ3v) is 9.77. The number of hydrogen-bond donors (Lipinski definition) is 4. The molecule has 3 fully saturated rings. The summed E-state index contributed by atoms with van der Waals surface area (Å²) in [5.41, 5.74) is 0.859. The second-order valence-electron chi connectivity index (χ2n) is 12.7. The first kappa shape index (κ1) is 28.0. The normalized spacial score (nSPS) is 40.8. The van der Waals surface area contributed by atoms with Gasteiger partial charge in [0.15, 0.2) is 5.78 Å². The Morgan fingerprint density at radius 1 is 1.11 bits per heavy atom. The Balaban J connectivity index is 1.87. The van der Waals surface area contributed by atoms with Crippen LogP contribution >= 0.6 is 0 Å². The van der Waals surface area contributed by atoms with Crippen molar-refractivity contribution in [3.63, 3.8) is 0 Å². The Morgan fingerprint density at radius 2 is 1.77 bits per heavy atom. The molecule has 0 radical (unpaired) electrons. The van der Waals surface area contributed by atoms with Gasteiger partial charge in [-0.1, -0.05) is 56.7 Å². The molecular weight excluding hydrogens is 440 g/mol. The molecule has 4 N–H and O–H groups in total. The molecule has 0 aliphatic heterocycles. The zero-order valence-corrected chi connectivity index (χ0v) is 22.6. The number of aliphatic hydroxyl groups is 4. The average molecular weight is 487 g/mol. The fraction of sp³-hybridized carbons (Fsp3) is 0.700. The summed E-state index contributed by atoms with van der Waals surface area (Å²) in [7, 11) is 0. The molecule has 3 saturated carbocycles. The summed E-state index contributed by atoms with van der Waals surface area (Å²) >= 11 is 0. The molecule has 0 saturated heterocycles. The number of carbonyl (C=O) groups excluding carboxylic acids is 1. The molecule has 3 rings (SSSR count). The van der Waals surface area contributed by atoms with Gasteiger partial charge in [0.25, 0.3) is 0 Å². The van der Waals surface area contributed by atoms with Crippen LogP contribution in [0.15, 0.2) is 47.1 Å². The molecule has 0 amide bonds. The Kier molecular flexibility index (Phi) is 7.80. The van der Waals surface area contributed by atoms with E-state index in [0.29, 0.717) is 12.8 Å². The van der Waals surface area contributed by atoms with Gasteiger partial charge < -0.3 is 20.4 Å². The number of carbonyl (C=O) groups is 1. The molecule has 5 nitrogen and oxygen atoms in total. The molecule has 3 aliphatic carbocycles. The summed E-state index contributed by atoms with van der Waals surface area (Å²) in [5, 5.41) is 40.8. The molecule has 0 aromatic heterocycles. The second-order valence-corrected chi connectivity index (χ2v) is 12.7. The van der Waals surface area contributed by atoms with Gasteiger partial charge in [0, 0.05) is 22.8 Å². The third kappa shape index (κ3) is 4.90. The lowest BCUT2D eigenvalue weighted by atomic mass is 9.43. The summed E-state index contributed by atoms with van der Waals surface area (Å²) in [6.45, 7) is 13.6.